The van der Waals surface area contributed by atoms with Crippen molar-refractivity contribution in [2.75, 3.05) is 26.4 Å². The van der Waals surface area contributed by atoms with E-state index in [1.165, 1.54) is 19.3 Å². The quantitative estimate of drug-likeness (QED) is 0.224. The maximum absolute atomic E-state index is 6.20. The van der Waals surface area contributed by atoms with E-state index in [-0.39, 0.29) is 30.7 Å². The lowest BCUT2D eigenvalue weighted by molar-refractivity contribution is -0.202. The molecule has 0 spiro atoms. The Morgan fingerprint density at radius 2 is 1.50 bits per heavy atom. The van der Waals surface area contributed by atoms with E-state index in [1.54, 1.807) is 0 Å². The van der Waals surface area contributed by atoms with Crippen molar-refractivity contribution in [1.29, 1.82) is 0 Å². The molecule has 2 aromatic carbocycles. The lowest BCUT2D eigenvalue weighted by atomic mass is 10.1. The van der Waals surface area contributed by atoms with Gasteiger partial charge in [-0.25, -0.2) is 0 Å². The third kappa shape index (κ3) is 7.67. The fraction of sp³-hybridized carbons (Fsp3) is 0.562. The number of hydrogen-bond acceptors (Lipinski definition) is 6. The monoisotopic (exact) mass is 522 g/mol. The summed E-state index contributed by atoms with van der Waals surface area (Å²) in [6, 6.07) is 16.8. The molecular weight excluding hydrogens is 480 g/mol. The third-order valence-corrected chi connectivity index (χ3v) is 7.49. The Kier molecular flexibility index (Phi) is 10.3. The number of hydrogen-bond donors (Lipinski definition) is 0. The van der Waals surface area contributed by atoms with E-state index in [4.69, 9.17) is 28.4 Å². The van der Waals surface area contributed by atoms with Gasteiger partial charge >= 0.3 is 0 Å². The first-order chi connectivity index (χ1) is 18.8. The lowest BCUT2D eigenvalue weighted by Crippen LogP contribution is -2.37. The highest BCUT2D eigenvalue weighted by atomic mass is 16.7. The van der Waals surface area contributed by atoms with Crippen LogP contribution < -0.4 is 4.74 Å². The molecule has 0 aromatic heterocycles. The zero-order chi connectivity index (χ0) is 26.0. The van der Waals surface area contributed by atoms with Crippen molar-refractivity contribution < 1.29 is 28.4 Å². The first kappa shape index (κ1) is 27.4. The summed E-state index contributed by atoms with van der Waals surface area (Å²) in [6.07, 6.45) is 11.9. The summed E-state index contributed by atoms with van der Waals surface area (Å²) in [5, 5.41) is 0. The van der Waals surface area contributed by atoms with E-state index < -0.39 is 0 Å². The molecule has 0 aliphatic carbocycles. The van der Waals surface area contributed by atoms with Crippen LogP contribution in [0.25, 0.3) is 12.2 Å². The second kappa shape index (κ2) is 14.2. The van der Waals surface area contributed by atoms with Gasteiger partial charge in [-0.3, -0.25) is 0 Å². The van der Waals surface area contributed by atoms with Gasteiger partial charge in [-0.1, -0.05) is 74.7 Å². The summed E-state index contributed by atoms with van der Waals surface area (Å²) in [5.41, 5.74) is 3.44. The Morgan fingerprint density at radius 1 is 0.789 bits per heavy atom. The molecule has 206 valence electrons. The summed E-state index contributed by atoms with van der Waals surface area (Å²) >= 11 is 0. The molecule has 6 heteroatoms. The molecule has 0 radical (unpaired) electrons. The normalized spacial score (nSPS) is 27.1. The van der Waals surface area contributed by atoms with Crippen molar-refractivity contribution in [3.63, 3.8) is 0 Å². The lowest BCUT2D eigenvalue weighted by Gasteiger charge is -2.27. The minimum absolute atomic E-state index is 0.0792. The summed E-state index contributed by atoms with van der Waals surface area (Å²) in [6.45, 7) is 5.38. The molecule has 0 N–H and O–H groups in total. The Balaban J connectivity index is 1.04. The topological polar surface area (TPSA) is 55.4 Å². The van der Waals surface area contributed by atoms with Crippen LogP contribution in [0.1, 0.15) is 68.6 Å². The van der Waals surface area contributed by atoms with Gasteiger partial charge in [-0.15, -0.1) is 0 Å². The first-order valence-corrected chi connectivity index (χ1v) is 14.4. The van der Waals surface area contributed by atoms with Crippen LogP contribution in [0.15, 0.2) is 48.5 Å². The summed E-state index contributed by atoms with van der Waals surface area (Å²) in [4.78, 5) is 0. The molecule has 0 saturated carbocycles. The van der Waals surface area contributed by atoms with Gasteiger partial charge in [0.1, 0.15) is 30.2 Å². The molecule has 3 aliphatic rings. The number of rotatable bonds is 13. The second-order valence-corrected chi connectivity index (χ2v) is 10.5. The van der Waals surface area contributed by atoms with Crippen molar-refractivity contribution in [2.45, 2.75) is 89.2 Å². The Morgan fingerprint density at radius 3 is 2.21 bits per heavy atom. The Labute approximate surface area is 227 Å². The average Bonchev–Trinajstić information content (AvgIpc) is 3.55. The minimum atomic E-state index is -0.134. The molecule has 3 heterocycles. The molecule has 3 fully saturated rings. The molecular formula is C32H42O6. The summed E-state index contributed by atoms with van der Waals surface area (Å²) < 4.78 is 35.9. The van der Waals surface area contributed by atoms with Gasteiger partial charge in [-0.05, 0) is 54.5 Å². The zero-order valence-corrected chi connectivity index (χ0v) is 22.6. The molecule has 3 saturated heterocycles. The molecule has 5 rings (SSSR count). The van der Waals surface area contributed by atoms with Crippen LogP contribution in [0.2, 0.25) is 0 Å². The predicted octanol–water partition coefficient (Wildman–Crippen LogP) is 6.41. The van der Waals surface area contributed by atoms with Crippen LogP contribution in [0.3, 0.4) is 0 Å². The SMILES string of the molecule is CCCCCCOc1ccc(C=Cc2ccc(CO[C@H]3COC4C3OC[C@H]4OC3CCCCO3)cc2)cc1. The average molecular weight is 523 g/mol. The van der Waals surface area contributed by atoms with Gasteiger partial charge < -0.3 is 28.4 Å². The van der Waals surface area contributed by atoms with Crippen LogP contribution in [-0.4, -0.2) is 57.1 Å². The van der Waals surface area contributed by atoms with Crippen LogP contribution in [0.4, 0.5) is 0 Å². The highest BCUT2D eigenvalue weighted by molar-refractivity contribution is 5.69. The maximum atomic E-state index is 6.20. The van der Waals surface area contributed by atoms with Gasteiger partial charge in [0.15, 0.2) is 6.29 Å². The smallest absolute Gasteiger partial charge is 0.158 e. The molecule has 38 heavy (non-hydrogen) atoms. The van der Waals surface area contributed by atoms with E-state index in [1.807, 2.05) is 12.1 Å². The molecule has 0 bridgehead atoms. The molecule has 5 atom stereocenters. The minimum Gasteiger partial charge on any atom is -0.494 e. The zero-order valence-electron chi connectivity index (χ0n) is 22.6. The van der Waals surface area contributed by atoms with Crippen LogP contribution in [-0.2, 0) is 30.3 Å². The van der Waals surface area contributed by atoms with Crippen molar-refractivity contribution in [3.05, 3.63) is 65.2 Å². The summed E-state index contributed by atoms with van der Waals surface area (Å²) in [5.74, 6) is 0.936. The van der Waals surface area contributed by atoms with Crippen LogP contribution >= 0.6 is 0 Å². The number of benzene rings is 2. The van der Waals surface area contributed by atoms with Gasteiger partial charge in [0.25, 0.3) is 0 Å². The van der Waals surface area contributed by atoms with Gasteiger partial charge in [0.05, 0.1) is 26.4 Å². The maximum Gasteiger partial charge on any atom is 0.158 e. The van der Waals surface area contributed by atoms with Gasteiger partial charge in [-0.2, -0.15) is 0 Å². The third-order valence-electron chi connectivity index (χ3n) is 7.49. The number of fused-ring (bicyclic) bond motifs is 1. The van der Waals surface area contributed by atoms with Crippen molar-refractivity contribution in [1.82, 2.24) is 0 Å². The van der Waals surface area contributed by atoms with E-state index in [0.717, 1.165) is 61.3 Å². The molecule has 0 amide bonds. The largest absolute Gasteiger partial charge is 0.494 e. The van der Waals surface area contributed by atoms with Crippen LogP contribution in [0.5, 0.6) is 5.75 Å². The fourth-order valence-electron chi connectivity index (χ4n) is 5.22. The molecule has 3 aliphatic heterocycles. The molecule has 6 nitrogen and oxygen atoms in total. The van der Waals surface area contributed by atoms with E-state index in [2.05, 4.69) is 55.5 Å². The predicted molar refractivity (Wildman–Crippen MR) is 148 cm³/mol. The van der Waals surface area contributed by atoms with Crippen LogP contribution in [0, 0.1) is 0 Å². The highest BCUT2D eigenvalue weighted by Gasteiger charge is 2.49. The van der Waals surface area contributed by atoms with Crippen molar-refractivity contribution in [3.8, 4) is 5.75 Å². The second-order valence-electron chi connectivity index (χ2n) is 10.5. The van der Waals surface area contributed by atoms with Gasteiger partial charge in [0.2, 0.25) is 0 Å². The number of unbranched alkanes of at least 4 members (excludes halogenated alkanes) is 3. The Bertz CT molecular complexity index is 982. The molecule has 2 aromatic rings. The Hall–Kier alpha value is -2.22. The van der Waals surface area contributed by atoms with E-state index in [9.17, 15) is 0 Å². The van der Waals surface area contributed by atoms with E-state index >= 15 is 0 Å². The molecule has 3 unspecified atom stereocenters. The fourth-order valence-corrected chi connectivity index (χ4v) is 5.22. The highest BCUT2D eigenvalue weighted by Crippen LogP contribution is 2.32. The van der Waals surface area contributed by atoms with E-state index in [0.29, 0.717) is 19.8 Å². The van der Waals surface area contributed by atoms with Gasteiger partial charge in [0, 0.05) is 6.61 Å². The van der Waals surface area contributed by atoms with Crippen molar-refractivity contribution in [2.24, 2.45) is 0 Å². The number of ether oxygens (including phenoxy) is 6. The summed E-state index contributed by atoms with van der Waals surface area (Å²) in [7, 11) is 0. The first-order valence-electron chi connectivity index (χ1n) is 14.4. The standard InChI is InChI=1S/C32H42O6/c1-2-3-4-6-19-33-27-17-15-25(16-18-27)10-9-24-11-13-26(14-12-24)21-35-28-22-36-32-29(23-37-31(28)32)38-30-8-5-7-20-34-30/h9-18,28-32H,2-8,19-23H2,1H3/t28-,29+,30?,31?,32?/m0/s1. The van der Waals surface area contributed by atoms with Crippen molar-refractivity contribution >= 4 is 12.2 Å².